The number of aliphatic hydroxyl groups is 1. The third-order valence-corrected chi connectivity index (χ3v) is 4.32. The smallest absolute Gasteiger partial charge is 0.424 e. The molecule has 3 N–H and O–H groups in total. The number of fused-ring (bicyclic) bond motifs is 2. The van der Waals surface area contributed by atoms with E-state index in [0.29, 0.717) is 11.2 Å². The molecule has 4 atom stereocenters. The average molecular weight is 342 g/mol. The summed E-state index contributed by atoms with van der Waals surface area (Å²) in [4.78, 5) is 23.6. The predicted octanol–water partition coefficient (Wildman–Crippen LogP) is 0.246. The van der Waals surface area contributed by atoms with Crippen LogP contribution in [0, 0.1) is 0 Å². The average Bonchev–Trinajstić information content (AvgIpc) is 3.08. The SMILES string of the molecule is C[C@@]12OC(=O)O[C@@H]1[C@@H](CO)O[C@H]2n1cnc2c(Cl)nc(N)nc21. The summed E-state index contributed by atoms with van der Waals surface area (Å²) in [5, 5.41) is 9.57. The van der Waals surface area contributed by atoms with Crippen molar-refractivity contribution in [2.24, 2.45) is 0 Å². The molecule has 0 saturated carbocycles. The molecule has 2 aliphatic heterocycles. The van der Waals surface area contributed by atoms with Crippen molar-refractivity contribution < 1.29 is 24.1 Å². The molecular formula is C12H12ClN5O5. The molecule has 2 aliphatic rings. The number of rotatable bonds is 2. The van der Waals surface area contributed by atoms with Crippen molar-refractivity contribution in [3.8, 4) is 0 Å². The number of carbonyl (C=O) groups is 1. The summed E-state index contributed by atoms with van der Waals surface area (Å²) in [5.41, 5.74) is 5.14. The van der Waals surface area contributed by atoms with Gasteiger partial charge in [-0.25, -0.2) is 9.78 Å². The normalized spacial score (nSPS) is 32.8. The third kappa shape index (κ3) is 1.89. The van der Waals surface area contributed by atoms with Gasteiger partial charge < -0.3 is 25.1 Å². The van der Waals surface area contributed by atoms with Gasteiger partial charge in [0.1, 0.15) is 11.6 Å². The summed E-state index contributed by atoms with van der Waals surface area (Å²) in [6.45, 7) is 1.32. The number of aromatic nitrogens is 4. The maximum Gasteiger partial charge on any atom is 0.509 e. The van der Waals surface area contributed by atoms with Gasteiger partial charge in [0.25, 0.3) is 0 Å². The maximum absolute atomic E-state index is 11.5. The summed E-state index contributed by atoms with van der Waals surface area (Å²) in [6.07, 6.45) is -1.68. The van der Waals surface area contributed by atoms with E-state index in [4.69, 9.17) is 31.5 Å². The number of hydrogen-bond donors (Lipinski definition) is 2. The molecule has 122 valence electrons. The number of nitrogen functional groups attached to an aromatic ring is 1. The largest absolute Gasteiger partial charge is 0.509 e. The summed E-state index contributed by atoms with van der Waals surface area (Å²) < 4.78 is 17.7. The Labute approximate surface area is 134 Å². The van der Waals surface area contributed by atoms with Crippen LogP contribution >= 0.6 is 11.6 Å². The molecule has 0 amide bonds. The van der Waals surface area contributed by atoms with Crippen LogP contribution in [-0.2, 0) is 14.2 Å². The quantitative estimate of drug-likeness (QED) is 0.581. The summed E-state index contributed by atoms with van der Waals surface area (Å²) in [7, 11) is 0. The monoisotopic (exact) mass is 341 g/mol. The van der Waals surface area contributed by atoms with Gasteiger partial charge in [0.05, 0.1) is 12.9 Å². The van der Waals surface area contributed by atoms with Crippen LogP contribution in [0.1, 0.15) is 13.2 Å². The van der Waals surface area contributed by atoms with Gasteiger partial charge in [0, 0.05) is 0 Å². The molecule has 4 rings (SSSR count). The van der Waals surface area contributed by atoms with Crippen LogP contribution in [0.3, 0.4) is 0 Å². The zero-order chi connectivity index (χ0) is 16.4. The van der Waals surface area contributed by atoms with Crippen LogP contribution in [0.15, 0.2) is 6.33 Å². The molecule has 0 unspecified atom stereocenters. The zero-order valence-electron chi connectivity index (χ0n) is 11.8. The molecule has 10 nitrogen and oxygen atoms in total. The second-order valence-corrected chi connectivity index (χ2v) is 5.84. The topological polar surface area (TPSA) is 135 Å². The van der Waals surface area contributed by atoms with Crippen LogP contribution in [-0.4, -0.2) is 55.2 Å². The Morgan fingerprint density at radius 2 is 2.30 bits per heavy atom. The highest BCUT2D eigenvalue weighted by molar-refractivity contribution is 6.33. The van der Waals surface area contributed by atoms with E-state index in [2.05, 4.69) is 15.0 Å². The molecule has 2 aromatic rings. The molecule has 0 spiro atoms. The highest BCUT2D eigenvalue weighted by atomic mass is 35.5. The van der Waals surface area contributed by atoms with Crippen LogP contribution in [0.25, 0.3) is 11.2 Å². The fourth-order valence-corrected chi connectivity index (χ4v) is 3.26. The molecule has 0 radical (unpaired) electrons. The Hall–Kier alpha value is -2.17. The highest BCUT2D eigenvalue weighted by Gasteiger charge is 2.64. The van der Waals surface area contributed by atoms with Gasteiger partial charge in [0.2, 0.25) is 5.95 Å². The van der Waals surface area contributed by atoms with Crippen molar-refractivity contribution in [3.05, 3.63) is 11.5 Å². The fourth-order valence-electron chi connectivity index (χ4n) is 3.04. The van der Waals surface area contributed by atoms with Crippen molar-refractivity contribution in [1.29, 1.82) is 0 Å². The zero-order valence-corrected chi connectivity index (χ0v) is 12.6. The van der Waals surface area contributed by atoms with Gasteiger partial charge in [-0.2, -0.15) is 9.97 Å². The Balaban J connectivity index is 1.86. The molecule has 0 aliphatic carbocycles. The molecule has 2 fully saturated rings. The van der Waals surface area contributed by atoms with E-state index in [-0.39, 0.29) is 17.7 Å². The number of imidazole rings is 1. The maximum atomic E-state index is 11.5. The van der Waals surface area contributed by atoms with Crippen LogP contribution < -0.4 is 5.73 Å². The number of anilines is 1. The lowest BCUT2D eigenvalue weighted by Crippen LogP contribution is -2.41. The number of carbonyl (C=O) groups excluding carboxylic acids is 1. The van der Waals surface area contributed by atoms with Crippen LogP contribution in [0.4, 0.5) is 10.7 Å². The number of aliphatic hydroxyl groups excluding tert-OH is 1. The van der Waals surface area contributed by atoms with Gasteiger partial charge in [-0.1, -0.05) is 11.6 Å². The van der Waals surface area contributed by atoms with E-state index in [1.54, 1.807) is 6.92 Å². The molecule has 0 aromatic carbocycles. The molecule has 2 saturated heterocycles. The Morgan fingerprint density at radius 1 is 1.52 bits per heavy atom. The van der Waals surface area contributed by atoms with Crippen LogP contribution in [0.2, 0.25) is 5.15 Å². The van der Waals surface area contributed by atoms with Gasteiger partial charge >= 0.3 is 6.16 Å². The van der Waals surface area contributed by atoms with Gasteiger partial charge in [-0.15, -0.1) is 0 Å². The molecule has 11 heteroatoms. The van der Waals surface area contributed by atoms with E-state index in [0.717, 1.165) is 0 Å². The summed E-state index contributed by atoms with van der Waals surface area (Å²) in [5.74, 6) is -0.0256. The van der Waals surface area contributed by atoms with Crippen molar-refractivity contribution in [1.82, 2.24) is 19.5 Å². The number of nitrogens with two attached hydrogens (primary N) is 1. The second-order valence-electron chi connectivity index (χ2n) is 5.48. The fraction of sp³-hybridized carbons (Fsp3) is 0.500. The Bertz CT molecular complexity index is 812. The molecular weight excluding hydrogens is 330 g/mol. The lowest BCUT2D eigenvalue weighted by molar-refractivity contribution is -0.0908. The predicted molar refractivity (Wildman–Crippen MR) is 75.5 cm³/mol. The van der Waals surface area contributed by atoms with E-state index >= 15 is 0 Å². The molecule has 23 heavy (non-hydrogen) atoms. The standard InChI is InChI=1S/C12H12ClN5O5/c1-12-6(22-11(20)23-12)4(2-19)21-9(12)18-3-15-5-7(13)16-10(14)17-8(5)18/h3-4,6,9,19H,2H2,1H3,(H2,14,16,17)/t4-,6-,9-,12-/m1/s1. The number of halogens is 1. The molecule has 4 heterocycles. The second kappa shape index (κ2) is 4.66. The summed E-state index contributed by atoms with van der Waals surface area (Å²) >= 11 is 6.01. The van der Waals surface area contributed by atoms with Crippen molar-refractivity contribution >= 4 is 34.9 Å². The van der Waals surface area contributed by atoms with Gasteiger partial charge in [0.15, 0.2) is 28.7 Å². The first-order valence-electron chi connectivity index (χ1n) is 6.75. The minimum Gasteiger partial charge on any atom is -0.424 e. The first-order chi connectivity index (χ1) is 10.9. The lowest BCUT2D eigenvalue weighted by Gasteiger charge is -2.26. The van der Waals surface area contributed by atoms with E-state index in [9.17, 15) is 9.90 Å². The number of nitrogens with zero attached hydrogens (tertiary/aromatic N) is 4. The van der Waals surface area contributed by atoms with Gasteiger partial charge in [-0.05, 0) is 6.92 Å². The number of hydrogen-bond acceptors (Lipinski definition) is 9. The molecule has 2 aromatic heterocycles. The highest BCUT2D eigenvalue weighted by Crippen LogP contribution is 2.47. The third-order valence-electron chi connectivity index (χ3n) is 4.05. The minimum atomic E-state index is -1.15. The van der Waals surface area contributed by atoms with Crippen molar-refractivity contribution in [2.45, 2.75) is 31.0 Å². The minimum absolute atomic E-state index is 0.0256. The molecule has 0 bridgehead atoms. The van der Waals surface area contributed by atoms with Crippen molar-refractivity contribution in [2.75, 3.05) is 12.3 Å². The Morgan fingerprint density at radius 3 is 3.04 bits per heavy atom. The Kier molecular flexibility index (Phi) is 2.92. The van der Waals surface area contributed by atoms with Crippen LogP contribution in [0.5, 0.6) is 0 Å². The number of ether oxygens (including phenoxy) is 3. The first-order valence-corrected chi connectivity index (χ1v) is 7.13. The first kappa shape index (κ1) is 14.4. The van der Waals surface area contributed by atoms with Crippen molar-refractivity contribution in [3.63, 3.8) is 0 Å². The van der Waals surface area contributed by atoms with Gasteiger partial charge in [-0.3, -0.25) is 4.57 Å². The van der Waals surface area contributed by atoms with E-state index in [1.807, 2.05) is 0 Å². The van der Waals surface area contributed by atoms with E-state index < -0.39 is 30.2 Å². The summed E-state index contributed by atoms with van der Waals surface area (Å²) in [6, 6.07) is 0. The van der Waals surface area contributed by atoms with E-state index in [1.165, 1.54) is 10.9 Å². The lowest BCUT2D eigenvalue weighted by atomic mass is 9.96.